The van der Waals surface area contributed by atoms with Crippen molar-refractivity contribution in [3.8, 4) is 11.1 Å². The molecule has 0 spiro atoms. The molecule has 1 N–H and O–H groups in total. The molecular weight excluding hydrogens is 385 g/mol. The topological polar surface area (TPSA) is 49.9 Å². The molecule has 1 heterocycles. The number of H-pyrrole nitrogens is 1. The second-order valence-electron chi connectivity index (χ2n) is 7.20. The van der Waals surface area contributed by atoms with Gasteiger partial charge in [0.15, 0.2) is 9.84 Å². The largest absolute Gasteiger partial charge is 0.346 e. The molecule has 1 atom stereocenters. The highest BCUT2D eigenvalue weighted by Crippen LogP contribution is 2.26. The summed E-state index contributed by atoms with van der Waals surface area (Å²) in [5, 5.41) is 0.658. The minimum absolute atomic E-state index is 0.265. The van der Waals surface area contributed by atoms with Crippen LogP contribution in [0.25, 0.3) is 22.0 Å². The molecule has 3 nitrogen and oxygen atoms in total. The number of para-hydroxylation sites is 1. The van der Waals surface area contributed by atoms with E-state index in [0.717, 1.165) is 27.6 Å². The third-order valence-electron chi connectivity index (χ3n) is 5.30. The monoisotopic (exact) mass is 407 g/mol. The van der Waals surface area contributed by atoms with Crippen LogP contribution in [0.2, 0.25) is 0 Å². The molecule has 148 valence electrons. The number of sulfone groups is 1. The number of hydrogen-bond donors (Lipinski definition) is 1. The van der Waals surface area contributed by atoms with Gasteiger partial charge in [-0.3, -0.25) is 0 Å². The van der Waals surface area contributed by atoms with Gasteiger partial charge in [0.25, 0.3) is 0 Å². The maximum absolute atomic E-state index is 13.2. The fourth-order valence-corrected chi connectivity index (χ4v) is 5.34. The molecule has 0 saturated carbocycles. The van der Waals surface area contributed by atoms with Crippen LogP contribution in [-0.2, 0) is 16.3 Å². The van der Waals surface area contributed by atoms with Crippen molar-refractivity contribution < 1.29 is 12.8 Å². The van der Waals surface area contributed by atoms with E-state index in [-0.39, 0.29) is 10.8 Å². The van der Waals surface area contributed by atoms with Crippen LogP contribution in [0.15, 0.2) is 83.9 Å². The highest BCUT2D eigenvalue weighted by molar-refractivity contribution is 7.92. The van der Waals surface area contributed by atoms with Crippen LogP contribution in [0, 0.1) is 5.82 Å². The number of nitrogens with one attached hydrogen (secondary N) is 1. The lowest BCUT2D eigenvalue weighted by molar-refractivity contribution is 0.571. The highest BCUT2D eigenvalue weighted by Gasteiger charge is 2.27. The molecule has 0 radical (unpaired) electrons. The fraction of sp³-hybridized carbons (Fsp3) is 0.167. The molecule has 0 bridgehead atoms. The molecule has 0 fully saturated rings. The van der Waals surface area contributed by atoms with Gasteiger partial charge in [-0.15, -0.1) is 0 Å². The molecule has 29 heavy (non-hydrogen) atoms. The molecule has 0 aliphatic heterocycles. The first kappa shape index (κ1) is 19.4. The van der Waals surface area contributed by atoms with Crippen molar-refractivity contribution >= 4 is 20.7 Å². The van der Waals surface area contributed by atoms with E-state index in [1.807, 2.05) is 55.5 Å². The van der Waals surface area contributed by atoms with Crippen molar-refractivity contribution in [3.63, 3.8) is 0 Å². The zero-order valence-corrected chi connectivity index (χ0v) is 16.9. The Morgan fingerprint density at radius 1 is 0.897 bits per heavy atom. The number of rotatable bonds is 6. The Hall–Kier alpha value is -2.92. The Kier molecular flexibility index (Phi) is 5.24. The van der Waals surface area contributed by atoms with Crippen LogP contribution < -0.4 is 0 Å². The Balaban J connectivity index is 1.57. The van der Waals surface area contributed by atoms with Crippen LogP contribution in [0.4, 0.5) is 4.39 Å². The summed E-state index contributed by atoms with van der Waals surface area (Å²) in [4.78, 5) is 3.05. The van der Waals surface area contributed by atoms with Crippen LogP contribution >= 0.6 is 0 Å². The quantitative estimate of drug-likeness (QED) is 0.441. The minimum Gasteiger partial charge on any atom is -0.346 e. The van der Waals surface area contributed by atoms with Crippen molar-refractivity contribution in [2.45, 2.75) is 30.0 Å². The van der Waals surface area contributed by atoms with Gasteiger partial charge in [0, 0.05) is 10.9 Å². The summed E-state index contributed by atoms with van der Waals surface area (Å²) < 4.78 is 39.5. The first-order valence-electron chi connectivity index (χ1n) is 9.64. The first-order chi connectivity index (χ1) is 14.0. The first-order valence-corrected chi connectivity index (χ1v) is 11.2. The van der Waals surface area contributed by atoms with E-state index in [4.69, 9.17) is 0 Å². The van der Waals surface area contributed by atoms with Gasteiger partial charge < -0.3 is 4.98 Å². The van der Waals surface area contributed by atoms with Gasteiger partial charge in [-0.25, -0.2) is 12.8 Å². The standard InChI is InChI=1S/C24H22FNO2S/c1-2-22(29(27,28)24-16-20-5-3-4-6-23(20)26-24)15-17-7-9-18(10-8-17)19-11-13-21(25)14-12-19/h3-14,16,22,26H,2,15H2,1H3. The second-order valence-corrected chi connectivity index (χ2v) is 9.40. The molecule has 4 rings (SSSR count). The van der Waals surface area contributed by atoms with Crippen LogP contribution in [0.3, 0.4) is 0 Å². The summed E-state index contributed by atoms with van der Waals surface area (Å²) in [6, 6.07) is 23.4. The average Bonchev–Trinajstić information content (AvgIpc) is 3.18. The molecule has 1 aromatic heterocycles. The van der Waals surface area contributed by atoms with Gasteiger partial charge in [-0.1, -0.05) is 61.5 Å². The lowest BCUT2D eigenvalue weighted by atomic mass is 10.0. The van der Waals surface area contributed by atoms with Crippen molar-refractivity contribution in [1.29, 1.82) is 0 Å². The summed E-state index contributed by atoms with van der Waals surface area (Å²) in [7, 11) is -3.48. The predicted molar refractivity (Wildman–Crippen MR) is 115 cm³/mol. The van der Waals surface area contributed by atoms with E-state index in [2.05, 4.69) is 4.98 Å². The molecule has 4 aromatic rings. The maximum atomic E-state index is 13.2. The molecule has 0 aliphatic carbocycles. The Morgan fingerprint density at radius 3 is 2.14 bits per heavy atom. The van der Waals surface area contributed by atoms with Crippen LogP contribution in [0.5, 0.6) is 0 Å². The predicted octanol–water partition coefficient (Wildman–Crippen LogP) is 5.77. The molecule has 0 aliphatic rings. The lowest BCUT2D eigenvalue weighted by Crippen LogP contribution is -2.23. The number of fused-ring (bicyclic) bond motifs is 1. The third kappa shape index (κ3) is 3.96. The van der Waals surface area contributed by atoms with E-state index in [1.54, 1.807) is 18.2 Å². The Morgan fingerprint density at radius 2 is 1.52 bits per heavy atom. The van der Waals surface area contributed by atoms with Gasteiger partial charge in [0.05, 0.1) is 5.25 Å². The van der Waals surface area contributed by atoms with E-state index in [9.17, 15) is 12.8 Å². The van der Waals surface area contributed by atoms with E-state index in [0.29, 0.717) is 12.8 Å². The highest BCUT2D eigenvalue weighted by atomic mass is 32.2. The summed E-state index contributed by atoms with van der Waals surface area (Å²) in [6.07, 6.45) is 0.968. The minimum atomic E-state index is -3.48. The van der Waals surface area contributed by atoms with Crippen molar-refractivity contribution in [2.75, 3.05) is 0 Å². The van der Waals surface area contributed by atoms with E-state index >= 15 is 0 Å². The third-order valence-corrected chi connectivity index (χ3v) is 7.51. The van der Waals surface area contributed by atoms with Crippen molar-refractivity contribution in [1.82, 2.24) is 4.98 Å². The smallest absolute Gasteiger partial charge is 0.196 e. The van der Waals surface area contributed by atoms with Crippen molar-refractivity contribution in [2.24, 2.45) is 0 Å². The molecule has 3 aromatic carbocycles. The molecule has 1 unspecified atom stereocenters. The zero-order valence-electron chi connectivity index (χ0n) is 16.1. The van der Waals surface area contributed by atoms with Gasteiger partial charge in [0.1, 0.15) is 10.8 Å². The molecule has 5 heteroatoms. The van der Waals surface area contributed by atoms with Crippen LogP contribution in [-0.4, -0.2) is 18.7 Å². The van der Waals surface area contributed by atoms with Gasteiger partial charge in [-0.2, -0.15) is 0 Å². The maximum Gasteiger partial charge on any atom is 0.196 e. The summed E-state index contributed by atoms with van der Waals surface area (Å²) in [6.45, 7) is 1.90. The number of aromatic amines is 1. The molecule has 0 amide bonds. The Bertz CT molecular complexity index is 1190. The summed E-state index contributed by atoms with van der Waals surface area (Å²) >= 11 is 0. The number of hydrogen-bond acceptors (Lipinski definition) is 2. The normalized spacial score (nSPS) is 12.9. The van der Waals surface area contributed by atoms with Gasteiger partial charge >= 0.3 is 0 Å². The number of aromatic nitrogens is 1. The van der Waals surface area contributed by atoms with E-state index in [1.165, 1.54) is 12.1 Å². The lowest BCUT2D eigenvalue weighted by Gasteiger charge is -2.15. The van der Waals surface area contributed by atoms with E-state index < -0.39 is 15.1 Å². The number of benzene rings is 3. The fourth-order valence-electron chi connectivity index (χ4n) is 3.59. The SMILES string of the molecule is CCC(Cc1ccc(-c2ccc(F)cc2)cc1)S(=O)(=O)c1cc2ccccc2[nH]1. The number of halogens is 1. The van der Waals surface area contributed by atoms with Crippen molar-refractivity contribution in [3.05, 3.63) is 90.2 Å². The summed E-state index contributed by atoms with van der Waals surface area (Å²) in [5.41, 5.74) is 3.68. The van der Waals surface area contributed by atoms with Crippen LogP contribution in [0.1, 0.15) is 18.9 Å². The second kappa shape index (κ2) is 7.84. The molecule has 0 saturated heterocycles. The van der Waals surface area contributed by atoms with Gasteiger partial charge in [0.2, 0.25) is 0 Å². The van der Waals surface area contributed by atoms with Gasteiger partial charge in [-0.05, 0) is 53.8 Å². The average molecular weight is 408 g/mol. The Labute approximate surface area is 170 Å². The zero-order chi connectivity index (χ0) is 20.4. The summed E-state index contributed by atoms with van der Waals surface area (Å²) in [5.74, 6) is -0.265. The molecular formula is C24H22FNO2S.